The van der Waals surface area contributed by atoms with Gasteiger partial charge in [0.05, 0.1) is 4.90 Å². The van der Waals surface area contributed by atoms with Gasteiger partial charge in [-0.1, -0.05) is 59.3 Å². The Bertz CT molecular complexity index is 884. The third-order valence-electron chi connectivity index (χ3n) is 3.91. The Morgan fingerprint density at radius 1 is 0.852 bits per heavy atom. The van der Waals surface area contributed by atoms with Crippen molar-refractivity contribution in [3.8, 4) is 0 Å². The van der Waals surface area contributed by atoms with Gasteiger partial charge in [-0.3, -0.25) is 4.79 Å². The summed E-state index contributed by atoms with van der Waals surface area (Å²) in [5.41, 5.74) is 0. The molecule has 0 unspecified atom stereocenters. The topological polar surface area (TPSA) is 26.3 Å². The second-order valence-electron chi connectivity index (χ2n) is 5.69. The molecule has 0 bridgehead atoms. The minimum absolute atomic E-state index is 0.237. The smallest absolute Gasteiger partial charge is 0.316 e. The molecule has 6 heteroatoms. The van der Waals surface area contributed by atoms with Crippen molar-refractivity contribution >= 4 is 64.1 Å². The molecule has 0 radical (unpaired) electrons. The molecule has 140 valence electrons. The van der Waals surface area contributed by atoms with Crippen LogP contribution >= 0.6 is 58.1 Å². The predicted octanol–water partition coefficient (Wildman–Crippen LogP) is 8.12. The highest BCUT2D eigenvalue weighted by Gasteiger charge is 2.38. The summed E-state index contributed by atoms with van der Waals surface area (Å²) < 4.78 is 8.99. The molecule has 0 spiro atoms. The maximum absolute atomic E-state index is 12.6. The second kappa shape index (κ2) is 8.95. The van der Waals surface area contributed by atoms with Crippen molar-refractivity contribution < 1.29 is 8.98 Å². The van der Waals surface area contributed by atoms with Gasteiger partial charge in [0, 0.05) is 29.6 Å². The molecule has 3 aromatic carbocycles. The van der Waals surface area contributed by atoms with E-state index in [9.17, 15) is 4.79 Å². The summed E-state index contributed by atoms with van der Waals surface area (Å²) in [7, 11) is -2.29. The van der Waals surface area contributed by atoms with Gasteiger partial charge in [0.15, 0.2) is 0 Å². The molecule has 0 aliphatic carbocycles. The fourth-order valence-electron chi connectivity index (χ4n) is 2.74. The third-order valence-corrected chi connectivity index (χ3v) is 9.46. The highest BCUT2D eigenvalue weighted by Crippen LogP contribution is 2.72. The molecular weight excluding hydrogens is 556 g/mol. The van der Waals surface area contributed by atoms with E-state index in [0.29, 0.717) is 6.42 Å². The SMILES string of the molecule is CCC(=O)OS(c1ccccc1)(c1ccccc1)c1c(Br)cc(Br)cc1Br. The summed E-state index contributed by atoms with van der Waals surface area (Å²) >= 11 is 11.0. The van der Waals surface area contributed by atoms with Crippen molar-refractivity contribution in [3.05, 3.63) is 86.2 Å². The van der Waals surface area contributed by atoms with Crippen molar-refractivity contribution in [2.24, 2.45) is 0 Å². The summed E-state index contributed by atoms with van der Waals surface area (Å²) in [4.78, 5) is 15.4. The van der Waals surface area contributed by atoms with E-state index in [1.54, 1.807) is 0 Å². The normalized spacial score (nSPS) is 11.9. The lowest BCUT2D eigenvalue weighted by molar-refractivity contribution is -0.133. The highest BCUT2D eigenvalue weighted by atomic mass is 79.9. The van der Waals surface area contributed by atoms with Crippen LogP contribution in [-0.4, -0.2) is 5.97 Å². The standard InChI is InChI=1S/C21H17Br3O2S/c1-2-20(25)26-27(16-9-5-3-6-10-16,17-11-7-4-8-12-17)21-18(23)13-15(22)14-19(21)24/h3-14H,2H2,1H3. The molecule has 0 saturated carbocycles. The lowest BCUT2D eigenvalue weighted by Gasteiger charge is -2.41. The summed E-state index contributed by atoms with van der Waals surface area (Å²) in [6.45, 7) is 1.81. The average Bonchev–Trinajstić information content (AvgIpc) is 2.67. The van der Waals surface area contributed by atoms with Gasteiger partial charge in [-0.15, -0.1) is 0 Å². The Labute approximate surface area is 186 Å². The van der Waals surface area contributed by atoms with Crippen LogP contribution < -0.4 is 0 Å². The van der Waals surface area contributed by atoms with Crippen LogP contribution in [0.2, 0.25) is 0 Å². The van der Waals surface area contributed by atoms with Gasteiger partial charge in [-0.05, 0) is 78.6 Å². The Hall–Kier alpha value is -1.08. The molecule has 0 heterocycles. The van der Waals surface area contributed by atoms with Crippen molar-refractivity contribution in [2.75, 3.05) is 0 Å². The molecule has 0 aliphatic rings. The summed E-state index contributed by atoms with van der Waals surface area (Å²) in [5.74, 6) is -0.237. The van der Waals surface area contributed by atoms with E-state index in [4.69, 9.17) is 4.18 Å². The zero-order valence-corrected chi connectivity index (χ0v) is 20.1. The number of rotatable bonds is 5. The first kappa shape index (κ1) is 20.6. The first-order chi connectivity index (χ1) is 13.0. The zero-order chi connectivity index (χ0) is 19.4. The van der Waals surface area contributed by atoms with E-state index in [-0.39, 0.29) is 5.97 Å². The van der Waals surface area contributed by atoms with Crippen LogP contribution in [0.3, 0.4) is 0 Å². The second-order valence-corrected chi connectivity index (χ2v) is 10.9. The summed E-state index contributed by atoms with van der Waals surface area (Å²) in [5, 5.41) is 0. The molecule has 2 nitrogen and oxygen atoms in total. The van der Waals surface area contributed by atoms with E-state index in [1.807, 2.05) is 79.7 Å². The van der Waals surface area contributed by atoms with E-state index < -0.39 is 10.3 Å². The Balaban J connectivity index is 2.43. The summed E-state index contributed by atoms with van der Waals surface area (Å²) in [6.07, 6.45) is 0.306. The third kappa shape index (κ3) is 4.19. The minimum atomic E-state index is -2.29. The van der Waals surface area contributed by atoms with Crippen LogP contribution in [0, 0.1) is 0 Å². The van der Waals surface area contributed by atoms with E-state index in [0.717, 1.165) is 28.1 Å². The number of carbonyl (C=O) groups is 1. The summed E-state index contributed by atoms with van der Waals surface area (Å²) in [6, 6.07) is 23.9. The molecule has 0 fully saturated rings. The van der Waals surface area contributed by atoms with E-state index >= 15 is 0 Å². The first-order valence-corrected chi connectivity index (χ1v) is 12.2. The van der Waals surface area contributed by atoms with Crippen LogP contribution in [-0.2, 0) is 8.98 Å². The van der Waals surface area contributed by atoms with Crippen molar-refractivity contribution in [2.45, 2.75) is 28.0 Å². The Morgan fingerprint density at radius 2 is 1.30 bits per heavy atom. The molecule has 0 saturated heterocycles. The molecule has 0 aliphatic heterocycles. The zero-order valence-electron chi connectivity index (χ0n) is 14.5. The van der Waals surface area contributed by atoms with Gasteiger partial charge in [-0.2, -0.15) is 0 Å². The lowest BCUT2D eigenvalue weighted by atomic mass is 10.4. The predicted molar refractivity (Wildman–Crippen MR) is 121 cm³/mol. The van der Waals surface area contributed by atoms with Crippen molar-refractivity contribution in [1.29, 1.82) is 0 Å². The quantitative estimate of drug-likeness (QED) is 0.308. The maximum Gasteiger partial charge on any atom is 0.316 e. The molecular formula is C21H17Br3O2S. The number of carbonyl (C=O) groups excluding carboxylic acids is 1. The van der Waals surface area contributed by atoms with Crippen LogP contribution in [0.25, 0.3) is 0 Å². The molecule has 27 heavy (non-hydrogen) atoms. The number of hydrogen-bond donors (Lipinski definition) is 0. The molecule has 0 aromatic heterocycles. The van der Waals surface area contributed by atoms with Gasteiger partial charge >= 0.3 is 5.97 Å². The van der Waals surface area contributed by atoms with Crippen molar-refractivity contribution in [3.63, 3.8) is 0 Å². The van der Waals surface area contributed by atoms with Crippen LogP contribution in [0.15, 0.2) is 101 Å². The van der Waals surface area contributed by atoms with Gasteiger partial charge < -0.3 is 4.18 Å². The maximum atomic E-state index is 12.6. The minimum Gasteiger partial charge on any atom is -0.402 e. The fourth-order valence-corrected chi connectivity index (χ4v) is 9.53. The van der Waals surface area contributed by atoms with Gasteiger partial charge in [0.2, 0.25) is 0 Å². The molecule has 0 N–H and O–H groups in total. The van der Waals surface area contributed by atoms with Gasteiger partial charge in [-0.25, -0.2) is 0 Å². The molecule has 0 amide bonds. The lowest BCUT2D eigenvalue weighted by Crippen LogP contribution is -2.14. The highest BCUT2D eigenvalue weighted by molar-refractivity contribution is 9.11. The van der Waals surface area contributed by atoms with Crippen LogP contribution in [0.4, 0.5) is 0 Å². The van der Waals surface area contributed by atoms with E-state index in [2.05, 4.69) is 47.8 Å². The first-order valence-electron chi connectivity index (χ1n) is 8.29. The van der Waals surface area contributed by atoms with Crippen LogP contribution in [0.1, 0.15) is 13.3 Å². The number of hydrogen-bond acceptors (Lipinski definition) is 2. The molecule has 3 rings (SSSR count). The van der Waals surface area contributed by atoms with E-state index in [1.165, 1.54) is 0 Å². The van der Waals surface area contributed by atoms with Crippen LogP contribution in [0.5, 0.6) is 0 Å². The van der Waals surface area contributed by atoms with Crippen molar-refractivity contribution in [1.82, 2.24) is 0 Å². The van der Waals surface area contributed by atoms with Gasteiger partial charge in [0.1, 0.15) is 0 Å². The fraction of sp³-hybridized carbons (Fsp3) is 0.0952. The number of halogens is 3. The average molecular weight is 573 g/mol. The monoisotopic (exact) mass is 570 g/mol. The largest absolute Gasteiger partial charge is 0.402 e. The Morgan fingerprint density at radius 3 is 1.70 bits per heavy atom. The molecule has 3 aromatic rings. The Kier molecular flexibility index (Phi) is 6.84. The molecule has 0 atom stereocenters. The number of benzene rings is 3. The van der Waals surface area contributed by atoms with Gasteiger partial charge in [0.25, 0.3) is 0 Å².